The molecule has 0 saturated heterocycles. The fraction of sp³-hybridized carbons (Fsp3) is 0.500. The third-order valence-electron chi connectivity index (χ3n) is 3.45. The highest BCUT2D eigenvalue weighted by atomic mass is 35.5. The van der Waals surface area contributed by atoms with E-state index in [0.29, 0.717) is 23.6 Å². The molecule has 22 heavy (non-hydrogen) atoms. The minimum atomic E-state index is -0.569. The lowest BCUT2D eigenvalue weighted by atomic mass is 9.97. The summed E-state index contributed by atoms with van der Waals surface area (Å²) in [6.45, 7) is 7.98. The van der Waals surface area contributed by atoms with Gasteiger partial charge in [-0.25, -0.2) is 4.39 Å². The first kappa shape index (κ1) is 18.8. The van der Waals surface area contributed by atoms with E-state index in [9.17, 15) is 9.18 Å². The topological polar surface area (TPSA) is 38.3 Å². The molecule has 1 rings (SSSR count). The molecule has 0 radical (unpaired) electrons. The smallest absolute Gasteiger partial charge is 0.227 e. The summed E-state index contributed by atoms with van der Waals surface area (Å²) in [4.78, 5) is 12.1. The van der Waals surface area contributed by atoms with Gasteiger partial charge in [0, 0.05) is 17.4 Å². The molecule has 122 valence electrons. The zero-order valence-corrected chi connectivity index (χ0v) is 14.8. The fourth-order valence-electron chi connectivity index (χ4n) is 1.74. The van der Waals surface area contributed by atoms with Gasteiger partial charge in [0.15, 0.2) is 5.05 Å². The Balaban J connectivity index is 2.96. The second-order valence-corrected chi connectivity index (χ2v) is 6.29. The number of carbonyl (C=O) groups is 1. The van der Waals surface area contributed by atoms with E-state index in [1.165, 1.54) is 12.1 Å². The van der Waals surface area contributed by atoms with Crippen molar-refractivity contribution in [3.63, 3.8) is 0 Å². The van der Waals surface area contributed by atoms with Crippen LogP contribution in [0.3, 0.4) is 0 Å². The van der Waals surface area contributed by atoms with Crippen LogP contribution in [-0.2, 0) is 16.0 Å². The van der Waals surface area contributed by atoms with Crippen LogP contribution in [0.25, 0.3) is 0 Å². The number of benzene rings is 1. The maximum atomic E-state index is 14.0. The molecule has 0 aromatic heterocycles. The van der Waals surface area contributed by atoms with Crippen molar-refractivity contribution >= 4 is 40.5 Å². The lowest BCUT2D eigenvalue weighted by Gasteiger charge is -2.17. The van der Waals surface area contributed by atoms with E-state index in [1.54, 1.807) is 6.92 Å². The molecule has 1 atom stereocenters. The van der Waals surface area contributed by atoms with Gasteiger partial charge in [0.05, 0.1) is 12.3 Å². The first-order valence-corrected chi connectivity index (χ1v) is 7.99. The van der Waals surface area contributed by atoms with Crippen LogP contribution in [0.4, 0.5) is 10.1 Å². The maximum absolute atomic E-state index is 14.0. The molecule has 0 aliphatic heterocycles. The van der Waals surface area contributed by atoms with Gasteiger partial charge in [-0.3, -0.25) is 4.79 Å². The molecule has 0 aliphatic rings. The third-order valence-corrected chi connectivity index (χ3v) is 4.06. The van der Waals surface area contributed by atoms with Gasteiger partial charge in [0.25, 0.3) is 0 Å². The lowest BCUT2D eigenvalue weighted by molar-refractivity contribution is -0.120. The number of rotatable bonds is 6. The summed E-state index contributed by atoms with van der Waals surface area (Å²) in [7, 11) is 0. The van der Waals surface area contributed by atoms with Gasteiger partial charge in [0.2, 0.25) is 5.91 Å². The van der Waals surface area contributed by atoms with E-state index in [-0.39, 0.29) is 28.5 Å². The molecule has 1 unspecified atom stereocenters. The van der Waals surface area contributed by atoms with Crippen molar-refractivity contribution < 1.29 is 13.9 Å². The molecular weight excluding hydrogens is 325 g/mol. The summed E-state index contributed by atoms with van der Waals surface area (Å²) in [6.07, 6.45) is 0.297. The molecule has 1 aromatic carbocycles. The fourth-order valence-corrected chi connectivity index (χ4v) is 2.23. The average molecular weight is 346 g/mol. The van der Waals surface area contributed by atoms with Crippen molar-refractivity contribution in [3.05, 3.63) is 28.5 Å². The van der Waals surface area contributed by atoms with Crippen molar-refractivity contribution in [1.29, 1.82) is 0 Å². The number of thiocarbonyl (C=S) groups is 1. The minimum absolute atomic E-state index is 0.108. The Kier molecular flexibility index (Phi) is 7.23. The molecule has 0 spiro atoms. The number of carbonyl (C=O) groups excluding carboxylic acids is 1. The predicted molar refractivity (Wildman–Crippen MR) is 92.0 cm³/mol. The van der Waals surface area contributed by atoms with E-state index < -0.39 is 5.82 Å². The quantitative estimate of drug-likeness (QED) is 0.765. The highest BCUT2D eigenvalue weighted by Crippen LogP contribution is 2.26. The Labute approximate surface area is 141 Å². The van der Waals surface area contributed by atoms with Crippen molar-refractivity contribution in [1.82, 2.24) is 0 Å². The number of hydrogen-bond acceptors (Lipinski definition) is 3. The summed E-state index contributed by atoms with van der Waals surface area (Å²) < 4.78 is 19.2. The van der Waals surface area contributed by atoms with Gasteiger partial charge in [-0.2, -0.15) is 0 Å². The minimum Gasteiger partial charge on any atom is -0.487 e. The van der Waals surface area contributed by atoms with Gasteiger partial charge in [-0.15, -0.1) is 0 Å². The molecule has 0 fully saturated rings. The number of anilines is 1. The summed E-state index contributed by atoms with van der Waals surface area (Å²) in [5.41, 5.74) is 0.727. The van der Waals surface area contributed by atoms with Crippen LogP contribution in [0.1, 0.15) is 33.3 Å². The van der Waals surface area contributed by atoms with Gasteiger partial charge >= 0.3 is 0 Å². The Morgan fingerprint density at radius 2 is 2.05 bits per heavy atom. The van der Waals surface area contributed by atoms with Crippen LogP contribution in [-0.4, -0.2) is 17.6 Å². The second kappa shape index (κ2) is 8.44. The second-order valence-electron chi connectivity index (χ2n) is 5.43. The van der Waals surface area contributed by atoms with Crippen LogP contribution in [0.5, 0.6) is 0 Å². The predicted octanol–water partition coefficient (Wildman–Crippen LogP) is 4.62. The monoisotopic (exact) mass is 345 g/mol. The summed E-state index contributed by atoms with van der Waals surface area (Å²) in [5.74, 6) is -0.849. The molecule has 1 aromatic rings. The Morgan fingerprint density at radius 1 is 1.41 bits per heavy atom. The highest BCUT2D eigenvalue weighted by Gasteiger charge is 2.19. The van der Waals surface area contributed by atoms with Crippen LogP contribution in [0.2, 0.25) is 5.02 Å². The van der Waals surface area contributed by atoms with Gasteiger partial charge in [-0.05, 0) is 42.8 Å². The zero-order valence-electron chi connectivity index (χ0n) is 13.2. The van der Waals surface area contributed by atoms with E-state index in [4.69, 9.17) is 28.6 Å². The molecule has 0 aliphatic carbocycles. The summed E-state index contributed by atoms with van der Waals surface area (Å²) >= 11 is 11.1. The van der Waals surface area contributed by atoms with E-state index >= 15 is 0 Å². The molecule has 6 heteroatoms. The summed E-state index contributed by atoms with van der Waals surface area (Å²) in [6, 6.07) is 2.69. The third kappa shape index (κ3) is 5.21. The highest BCUT2D eigenvalue weighted by molar-refractivity contribution is 7.80. The van der Waals surface area contributed by atoms with Crippen molar-refractivity contribution in [2.75, 3.05) is 11.9 Å². The van der Waals surface area contributed by atoms with Crippen LogP contribution >= 0.6 is 23.8 Å². The number of hydrogen-bond donors (Lipinski definition) is 1. The van der Waals surface area contributed by atoms with E-state index in [2.05, 4.69) is 5.32 Å². The number of ether oxygens (including phenoxy) is 1. The van der Waals surface area contributed by atoms with E-state index in [0.717, 1.165) is 0 Å². The van der Waals surface area contributed by atoms with Crippen molar-refractivity contribution in [3.8, 4) is 0 Å². The number of halogens is 2. The lowest BCUT2D eigenvalue weighted by Crippen LogP contribution is -2.25. The molecule has 3 nitrogen and oxygen atoms in total. The van der Waals surface area contributed by atoms with Crippen molar-refractivity contribution in [2.24, 2.45) is 11.8 Å². The van der Waals surface area contributed by atoms with Crippen molar-refractivity contribution in [2.45, 2.75) is 34.1 Å². The number of amides is 1. The Hall–Kier alpha value is -1.20. The van der Waals surface area contributed by atoms with Crippen LogP contribution in [0.15, 0.2) is 12.1 Å². The molecule has 0 saturated carbocycles. The number of nitrogens with one attached hydrogen (secondary N) is 1. The molecule has 1 amide bonds. The van der Waals surface area contributed by atoms with Crippen LogP contribution < -0.4 is 5.32 Å². The molecule has 1 N–H and O–H groups in total. The largest absolute Gasteiger partial charge is 0.487 e. The Bertz CT molecular complexity index is 563. The first-order valence-electron chi connectivity index (χ1n) is 7.20. The van der Waals surface area contributed by atoms with Gasteiger partial charge in [0.1, 0.15) is 5.82 Å². The summed E-state index contributed by atoms with van der Waals surface area (Å²) in [5, 5.41) is 3.24. The van der Waals surface area contributed by atoms with Gasteiger partial charge in [-0.1, -0.05) is 32.4 Å². The Morgan fingerprint density at radius 3 is 2.59 bits per heavy atom. The standard InChI is InChI=1S/C16H21ClFNO2S/c1-5-21-15(22)7-11-6-14(13(18)8-12(11)17)19-16(20)10(4)9(2)3/h6,8-10H,5,7H2,1-4H3,(H,19,20). The molecule has 0 heterocycles. The first-order chi connectivity index (χ1) is 10.3. The maximum Gasteiger partial charge on any atom is 0.227 e. The zero-order chi connectivity index (χ0) is 16.9. The molecular formula is C16H21ClFNO2S. The van der Waals surface area contributed by atoms with E-state index in [1.807, 2.05) is 20.8 Å². The van der Waals surface area contributed by atoms with Gasteiger partial charge < -0.3 is 10.1 Å². The normalized spacial score (nSPS) is 12.1. The average Bonchev–Trinajstić information content (AvgIpc) is 2.43. The van der Waals surface area contributed by atoms with Crippen LogP contribution in [0, 0.1) is 17.7 Å². The molecule has 0 bridgehead atoms. The SMILES string of the molecule is CCOC(=S)Cc1cc(NC(=O)C(C)C(C)C)c(F)cc1Cl.